The number of halogens is 1. The van der Waals surface area contributed by atoms with Crippen LogP contribution in [0.2, 0.25) is 5.15 Å². The molecule has 0 unspecified atom stereocenters. The van der Waals surface area contributed by atoms with E-state index < -0.39 is 11.7 Å². The zero-order valence-electron chi connectivity index (χ0n) is 25.6. The van der Waals surface area contributed by atoms with Gasteiger partial charge in [-0.15, -0.1) is 0 Å². The van der Waals surface area contributed by atoms with Crippen LogP contribution >= 0.6 is 11.6 Å². The van der Waals surface area contributed by atoms with E-state index in [1.54, 1.807) is 57.3 Å². The minimum atomic E-state index is -0.661. The van der Waals surface area contributed by atoms with Gasteiger partial charge in [-0.1, -0.05) is 48.0 Å². The van der Waals surface area contributed by atoms with Crippen molar-refractivity contribution < 1.29 is 9.53 Å². The molecule has 1 amide bonds. The van der Waals surface area contributed by atoms with Crippen molar-refractivity contribution in [3.8, 4) is 16.8 Å². The van der Waals surface area contributed by atoms with E-state index in [9.17, 15) is 9.59 Å². The molecule has 3 aromatic heterocycles. The number of rotatable bonds is 6. The molecule has 232 valence electrons. The van der Waals surface area contributed by atoms with Crippen LogP contribution in [0.25, 0.3) is 27.8 Å². The normalized spacial score (nSPS) is 14.4. The maximum atomic E-state index is 14.2. The summed E-state index contributed by atoms with van der Waals surface area (Å²) in [5.41, 5.74) is 2.24. The fraction of sp³-hybridized carbons (Fsp3) is 0.303. The highest BCUT2D eigenvalue weighted by Crippen LogP contribution is 2.29. The van der Waals surface area contributed by atoms with E-state index in [1.807, 2.05) is 41.2 Å². The third-order valence-corrected chi connectivity index (χ3v) is 7.85. The molecule has 1 saturated heterocycles. The Labute approximate surface area is 265 Å². The number of pyridine rings is 1. The summed E-state index contributed by atoms with van der Waals surface area (Å²) < 4.78 is 8.85. The zero-order chi connectivity index (χ0) is 31.7. The summed E-state index contributed by atoms with van der Waals surface area (Å²) in [7, 11) is 2.12. The van der Waals surface area contributed by atoms with Crippen LogP contribution in [0, 0.1) is 0 Å². The number of ether oxygens (including phenoxy) is 1. The van der Waals surface area contributed by atoms with Crippen molar-refractivity contribution in [1.82, 2.24) is 29.2 Å². The minimum Gasteiger partial charge on any atom is -0.444 e. The van der Waals surface area contributed by atoms with E-state index in [0.29, 0.717) is 38.8 Å². The van der Waals surface area contributed by atoms with Crippen molar-refractivity contribution in [2.45, 2.75) is 45.3 Å². The molecule has 1 aliphatic rings. The van der Waals surface area contributed by atoms with Crippen LogP contribution in [0.3, 0.4) is 0 Å². The molecule has 0 aliphatic carbocycles. The summed E-state index contributed by atoms with van der Waals surface area (Å²) in [6, 6.07) is 18.5. The SMILES string of the molecule is CN1CCC(n2cc(Nc3ncc4cc(-c5ccccc5)c(=O)n(-c5cccc(NC(=O)OC(C)(C)C)c5)c4n3)c(Cl)n2)CC1. The number of hydrogen-bond donors (Lipinski definition) is 2. The number of hydrogen-bond acceptors (Lipinski definition) is 8. The van der Waals surface area contributed by atoms with E-state index in [1.165, 1.54) is 4.57 Å². The van der Waals surface area contributed by atoms with Gasteiger partial charge >= 0.3 is 6.09 Å². The summed E-state index contributed by atoms with van der Waals surface area (Å²) >= 11 is 6.54. The maximum absolute atomic E-state index is 14.2. The number of benzene rings is 2. The Morgan fingerprint density at radius 1 is 1.04 bits per heavy atom. The first kappa shape index (κ1) is 30.3. The van der Waals surface area contributed by atoms with Gasteiger partial charge in [0, 0.05) is 22.8 Å². The largest absolute Gasteiger partial charge is 0.444 e. The van der Waals surface area contributed by atoms with E-state index in [4.69, 9.17) is 21.3 Å². The fourth-order valence-corrected chi connectivity index (χ4v) is 5.57. The second kappa shape index (κ2) is 12.3. The second-order valence-corrected chi connectivity index (χ2v) is 12.5. The highest BCUT2D eigenvalue weighted by atomic mass is 35.5. The highest BCUT2D eigenvalue weighted by molar-refractivity contribution is 6.32. The lowest BCUT2D eigenvalue weighted by Gasteiger charge is -2.28. The molecule has 0 saturated carbocycles. The number of anilines is 3. The molecule has 11 nitrogen and oxygen atoms in total. The van der Waals surface area contributed by atoms with Gasteiger partial charge in [0.05, 0.1) is 23.6 Å². The first-order chi connectivity index (χ1) is 21.5. The van der Waals surface area contributed by atoms with E-state index >= 15 is 0 Å². The fourth-order valence-electron chi connectivity index (χ4n) is 5.39. The number of likely N-dealkylation sites (tertiary alicyclic amines) is 1. The topological polar surface area (TPSA) is 119 Å². The predicted octanol–water partition coefficient (Wildman–Crippen LogP) is 6.65. The molecule has 4 heterocycles. The molecule has 1 aliphatic heterocycles. The van der Waals surface area contributed by atoms with Crippen molar-refractivity contribution in [3.63, 3.8) is 0 Å². The van der Waals surface area contributed by atoms with Gasteiger partial charge in [0.2, 0.25) is 5.95 Å². The lowest BCUT2D eigenvalue weighted by molar-refractivity contribution is 0.0636. The van der Waals surface area contributed by atoms with Gasteiger partial charge < -0.3 is 15.0 Å². The number of carbonyl (C=O) groups is 1. The van der Waals surface area contributed by atoms with Crippen molar-refractivity contribution >= 4 is 46.1 Å². The van der Waals surface area contributed by atoms with Gasteiger partial charge in [-0.3, -0.25) is 19.4 Å². The van der Waals surface area contributed by atoms with E-state index in [-0.39, 0.29) is 17.5 Å². The van der Waals surface area contributed by atoms with E-state index in [0.717, 1.165) is 31.5 Å². The van der Waals surface area contributed by atoms with Crippen LogP contribution < -0.4 is 16.2 Å². The van der Waals surface area contributed by atoms with Crippen LogP contribution in [0.15, 0.2) is 77.9 Å². The summed E-state index contributed by atoms with van der Waals surface area (Å²) in [6.07, 6.45) is 4.92. The number of piperidine rings is 1. The van der Waals surface area contributed by atoms with Crippen LogP contribution in [0.4, 0.5) is 22.1 Å². The molecule has 2 aromatic carbocycles. The molecule has 45 heavy (non-hydrogen) atoms. The standard InChI is InChI=1S/C33H35ClN8O3/c1-33(2,3)45-32(44)36-23-11-8-12-25(18-23)42-29-22(17-26(30(42)43)21-9-6-5-7-10-21)19-35-31(38-29)37-27-20-41(39-28(27)34)24-13-15-40(4)16-14-24/h5-12,17-20,24H,13-16H2,1-4H3,(H,36,44)(H,35,37,38). The molecular weight excluding hydrogens is 592 g/mol. The molecule has 5 aromatic rings. The quantitative estimate of drug-likeness (QED) is 0.215. The van der Waals surface area contributed by atoms with Gasteiger partial charge in [0.15, 0.2) is 10.8 Å². The van der Waals surface area contributed by atoms with Crippen molar-refractivity contribution in [3.05, 3.63) is 88.6 Å². The Bertz CT molecular complexity index is 1910. The van der Waals surface area contributed by atoms with Crippen molar-refractivity contribution in [2.75, 3.05) is 30.8 Å². The third kappa shape index (κ3) is 6.84. The molecule has 0 radical (unpaired) electrons. The van der Waals surface area contributed by atoms with Gasteiger partial charge in [0.25, 0.3) is 5.56 Å². The smallest absolute Gasteiger partial charge is 0.412 e. The number of carbonyl (C=O) groups excluding carboxylic acids is 1. The van der Waals surface area contributed by atoms with Crippen LogP contribution in [-0.4, -0.2) is 61.0 Å². The molecule has 12 heteroatoms. The molecule has 6 rings (SSSR count). The monoisotopic (exact) mass is 626 g/mol. The van der Waals surface area contributed by atoms with Crippen molar-refractivity contribution in [2.24, 2.45) is 0 Å². The summed E-state index contributed by atoms with van der Waals surface area (Å²) in [5.74, 6) is 0.260. The number of nitrogens with zero attached hydrogens (tertiary/aromatic N) is 6. The first-order valence-electron chi connectivity index (χ1n) is 14.8. The molecule has 2 N–H and O–H groups in total. The second-order valence-electron chi connectivity index (χ2n) is 12.2. The van der Waals surface area contributed by atoms with Crippen LogP contribution in [-0.2, 0) is 4.74 Å². The summed E-state index contributed by atoms with van der Waals surface area (Å²) in [5, 5.41) is 11.5. The van der Waals surface area contributed by atoms with Gasteiger partial charge in [-0.25, -0.2) is 9.78 Å². The van der Waals surface area contributed by atoms with Gasteiger partial charge in [-0.2, -0.15) is 10.1 Å². The average molecular weight is 627 g/mol. The molecule has 0 bridgehead atoms. The Hall–Kier alpha value is -4.74. The Morgan fingerprint density at radius 3 is 2.53 bits per heavy atom. The summed E-state index contributed by atoms with van der Waals surface area (Å²) in [4.78, 5) is 38.3. The molecule has 0 atom stereocenters. The number of nitrogens with one attached hydrogen (secondary N) is 2. The summed E-state index contributed by atoms with van der Waals surface area (Å²) in [6.45, 7) is 7.37. The first-order valence-corrected chi connectivity index (χ1v) is 15.2. The minimum absolute atomic E-state index is 0.259. The molecule has 0 spiro atoms. The lowest BCUT2D eigenvalue weighted by Crippen LogP contribution is -2.31. The Kier molecular flexibility index (Phi) is 8.30. The Morgan fingerprint density at radius 2 is 1.80 bits per heavy atom. The Balaban J connectivity index is 1.40. The number of aromatic nitrogens is 5. The van der Waals surface area contributed by atoms with Crippen molar-refractivity contribution in [1.29, 1.82) is 0 Å². The van der Waals surface area contributed by atoms with E-state index in [2.05, 4.69) is 32.7 Å². The molecule has 1 fully saturated rings. The lowest BCUT2D eigenvalue weighted by atomic mass is 10.1. The average Bonchev–Trinajstić information content (AvgIpc) is 3.36. The highest BCUT2D eigenvalue weighted by Gasteiger charge is 2.22. The van der Waals surface area contributed by atoms with Crippen LogP contribution in [0.5, 0.6) is 0 Å². The van der Waals surface area contributed by atoms with Gasteiger partial charge in [0.1, 0.15) is 5.60 Å². The predicted molar refractivity (Wildman–Crippen MR) is 177 cm³/mol. The third-order valence-electron chi connectivity index (χ3n) is 7.57. The zero-order valence-corrected chi connectivity index (χ0v) is 26.4. The number of fused-ring (bicyclic) bond motifs is 1. The number of amides is 1. The molecular formula is C33H35ClN8O3. The van der Waals surface area contributed by atoms with Gasteiger partial charge in [-0.05, 0) is 83.6 Å². The maximum Gasteiger partial charge on any atom is 0.412 e. The van der Waals surface area contributed by atoms with Crippen LogP contribution in [0.1, 0.15) is 39.7 Å².